The maximum atomic E-state index is 11.8. The van der Waals surface area contributed by atoms with Crippen molar-refractivity contribution in [2.24, 2.45) is 0 Å². The Morgan fingerprint density at radius 3 is 2.75 bits per heavy atom. The van der Waals surface area contributed by atoms with Crippen molar-refractivity contribution in [3.8, 4) is 0 Å². The van der Waals surface area contributed by atoms with Crippen molar-refractivity contribution >= 4 is 28.1 Å². The van der Waals surface area contributed by atoms with Crippen molar-refractivity contribution in [2.75, 3.05) is 17.7 Å². The van der Waals surface area contributed by atoms with Crippen LogP contribution in [0.1, 0.15) is 9.67 Å². The summed E-state index contributed by atoms with van der Waals surface area (Å²) in [5, 5.41) is 6.36. The highest BCUT2D eigenvalue weighted by Gasteiger charge is 2.09. The van der Waals surface area contributed by atoms with Crippen molar-refractivity contribution in [3.05, 3.63) is 35.6 Å². The number of pyridine rings is 1. The van der Waals surface area contributed by atoms with E-state index >= 15 is 0 Å². The lowest BCUT2D eigenvalue weighted by Crippen LogP contribution is -2.09. The predicted molar refractivity (Wildman–Crippen MR) is 63.9 cm³/mol. The Morgan fingerprint density at radius 1 is 1.38 bits per heavy atom. The molecule has 0 saturated carbocycles. The van der Waals surface area contributed by atoms with Crippen LogP contribution < -0.4 is 10.6 Å². The number of rotatable bonds is 3. The first-order valence-corrected chi connectivity index (χ1v) is 5.46. The van der Waals surface area contributed by atoms with Gasteiger partial charge in [-0.25, -0.2) is 4.98 Å². The highest BCUT2D eigenvalue weighted by atomic mass is 32.1. The number of carbonyl (C=O) groups excluding carboxylic acids is 1. The van der Waals surface area contributed by atoms with E-state index < -0.39 is 0 Å². The Kier molecular flexibility index (Phi) is 3.11. The Balaban J connectivity index is 2.09. The summed E-state index contributed by atoms with van der Waals surface area (Å²) in [6.45, 7) is 0. The highest BCUT2D eigenvalue weighted by Crippen LogP contribution is 2.18. The molecule has 82 valence electrons. The zero-order valence-electron chi connectivity index (χ0n) is 8.60. The molecule has 0 fully saturated rings. The lowest BCUT2D eigenvalue weighted by atomic mass is 10.4. The van der Waals surface area contributed by atoms with Crippen LogP contribution in [0.3, 0.4) is 0 Å². The van der Waals surface area contributed by atoms with Crippen LogP contribution in [0.25, 0.3) is 0 Å². The lowest BCUT2D eigenvalue weighted by molar-refractivity contribution is 0.103. The topological polar surface area (TPSA) is 66.9 Å². The van der Waals surface area contributed by atoms with E-state index in [1.807, 2.05) is 0 Å². The summed E-state index contributed by atoms with van der Waals surface area (Å²) in [5.41, 5.74) is 0.722. The maximum Gasteiger partial charge on any atom is 0.267 e. The zero-order chi connectivity index (χ0) is 11.4. The van der Waals surface area contributed by atoms with Crippen molar-refractivity contribution in [2.45, 2.75) is 0 Å². The first kappa shape index (κ1) is 10.6. The number of nitrogens with one attached hydrogen (secondary N) is 2. The van der Waals surface area contributed by atoms with Crippen LogP contribution in [0, 0.1) is 0 Å². The van der Waals surface area contributed by atoms with E-state index in [9.17, 15) is 4.79 Å². The summed E-state index contributed by atoms with van der Waals surface area (Å²) in [5.74, 6) is -0.162. The number of carbonyl (C=O) groups is 1. The Labute approximate surface area is 96.6 Å². The maximum absolute atomic E-state index is 11.8. The van der Waals surface area contributed by atoms with Gasteiger partial charge in [0.05, 0.1) is 6.20 Å². The molecule has 0 spiro atoms. The fourth-order valence-corrected chi connectivity index (χ4v) is 1.79. The van der Waals surface area contributed by atoms with Crippen molar-refractivity contribution in [1.82, 2.24) is 9.97 Å². The van der Waals surface area contributed by atoms with Crippen LogP contribution in [0.4, 0.5) is 10.8 Å². The van der Waals surface area contributed by atoms with E-state index in [4.69, 9.17) is 0 Å². The molecule has 6 heteroatoms. The van der Waals surface area contributed by atoms with Gasteiger partial charge in [-0.05, 0) is 12.1 Å². The van der Waals surface area contributed by atoms with E-state index in [1.165, 1.54) is 11.3 Å². The number of hydrogen-bond acceptors (Lipinski definition) is 5. The normalized spacial score (nSPS) is 9.81. The van der Waals surface area contributed by atoms with Gasteiger partial charge in [-0.2, -0.15) is 0 Å². The van der Waals surface area contributed by atoms with Gasteiger partial charge in [0.15, 0.2) is 5.13 Å². The van der Waals surface area contributed by atoms with E-state index in [-0.39, 0.29) is 5.91 Å². The first-order valence-electron chi connectivity index (χ1n) is 4.64. The molecule has 0 aliphatic carbocycles. The van der Waals surface area contributed by atoms with Gasteiger partial charge in [-0.15, -0.1) is 0 Å². The van der Waals surface area contributed by atoms with Gasteiger partial charge >= 0.3 is 0 Å². The number of thiazole rings is 1. The van der Waals surface area contributed by atoms with E-state index in [0.717, 1.165) is 10.8 Å². The Morgan fingerprint density at radius 2 is 2.12 bits per heavy atom. The average Bonchev–Trinajstić information content (AvgIpc) is 2.79. The second-order valence-corrected chi connectivity index (χ2v) is 4.00. The van der Waals surface area contributed by atoms with Crippen LogP contribution in [0.2, 0.25) is 0 Å². The average molecular weight is 234 g/mol. The second kappa shape index (κ2) is 4.71. The van der Waals surface area contributed by atoms with Crippen LogP contribution in [0.15, 0.2) is 30.7 Å². The van der Waals surface area contributed by atoms with Crippen LogP contribution in [0.5, 0.6) is 0 Å². The smallest absolute Gasteiger partial charge is 0.267 e. The third-order valence-electron chi connectivity index (χ3n) is 1.88. The molecule has 2 heterocycles. The van der Waals surface area contributed by atoms with Gasteiger partial charge in [0, 0.05) is 25.1 Å². The summed E-state index contributed by atoms with van der Waals surface area (Å²) in [6.07, 6.45) is 4.80. The third-order valence-corrected chi connectivity index (χ3v) is 2.90. The molecule has 0 aliphatic heterocycles. The van der Waals surface area contributed by atoms with Crippen molar-refractivity contribution < 1.29 is 4.79 Å². The summed E-state index contributed by atoms with van der Waals surface area (Å²) in [7, 11) is 1.77. The molecule has 16 heavy (non-hydrogen) atoms. The third kappa shape index (κ3) is 2.34. The van der Waals surface area contributed by atoms with E-state index in [2.05, 4.69) is 20.6 Å². The van der Waals surface area contributed by atoms with Gasteiger partial charge in [-0.3, -0.25) is 9.78 Å². The van der Waals surface area contributed by atoms with Gasteiger partial charge < -0.3 is 10.6 Å². The van der Waals surface area contributed by atoms with Gasteiger partial charge in [0.1, 0.15) is 4.88 Å². The number of hydrogen-bond donors (Lipinski definition) is 2. The monoisotopic (exact) mass is 234 g/mol. The summed E-state index contributed by atoms with van der Waals surface area (Å²) in [4.78, 5) is 20.2. The largest absolute Gasteiger partial charge is 0.365 e. The fraction of sp³-hybridized carbons (Fsp3) is 0.100. The number of amides is 1. The molecular weight excluding hydrogens is 224 g/mol. The van der Waals surface area contributed by atoms with E-state index in [0.29, 0.717) is 4.88 Å². The van der Waals surface area contributed by atoms with Crippen LogP contribution in [-0.4, -0.2) is 22.9 Å². The fourth-order valence-electron chi connectivity index (χ4n) is 1.12. The number of aromatic nitrogens is 2. The summed E-state index contributed by atoms with van der Waals surface area (Å²) in [6, 6.07) is 3.47. The molecular formula is C10H10N4OS. The van der Waals surface area contributed by atoms with Gasteiger partial charge in [0.2, 0.25) is 0 Å². The minimum atomic E-state index is -0.162. The molecule has 0 aliphatic rings. The van der Waals surface area contributed by atoms with Crippen molar-refractivity contribution in [1.29, 1.82) is 0 Å². The van der Waals surface area contributed by atoms with E-state index in [1.54, 1.807) is 37.8 Å². The van der Waals surface area contributed by atoms with Crippen molar-refractivity contribution in [3.63, 3.8) is 0 Å². The second-order valence-electron chi connectivity index (χ2n) is 2.97. The van der Waals surface area contributed by atoms with Crippen LogP contribution >= 0.6 is 11.3 Å². The molecule has 0 atom stereocenters. The molecule has 0 saturated heterocycles. The molecule has 0 unspecified atom stereocenters. The molecule has 2 aromatic rings. The molecule has 0 aromatic carbocycles. The van der Waals surface area contributed by atoms with Gasteiger partial charge in [-0.1, -0.05) is 11.3 Å². The van der Waals surface area contributed by atoms with Gasteiger partial charge in [0.25, 0.3) is 5.91 Å². The molecule has 1 amide bonds. The number of nitrogens with zero attached hydrogens (tertiary/aromatic N) is 2. The highest BCUT2D eigenvalue weighted by molar-refractivity contribution is 7.17. The summed E-state index contributed by atoms with van der Waals surface area (Å²) < 4.78 is 0. The predicted octanol–water partition coefficient (Wildman–Crippen LogP) is 1.83. The SMILES string of the molecule is CNc1ncc(C(=O)Nc2ccncc2)s1. The lowest BCUT2D eigenvalue weighted by Gasteiger charge is -2.01. The number of anilines is 2. The Bertz CT molecular complexity index is 483. The molecule has 0 radical (unpaired) electrons. The molecule has 0 bridgehead atoms. The van der Waals surface area contributed by atoms with Crippen LogP contribution in [-0.2, 0) is 0 Å². The molecule has 2 rings (SSSR count). The zero-order valence-corrected chi connectivity index (χ0v) is 9.41. The minimum Gasteiger partial charge on any atom is -0.365 e. The Hall–Kier alpha value is -1.95. The quantitative estimate of drug-likeness (QED) is 0.850. The molecule has 5 nitrogen and oxygen atoms in total. The minimum absolute atomic E-state index is 0.162. The molecule has 2 aromatic heterocycles. The summed E-state index contributed by atoms with van der Waals surface area (Å²) >= 11 is 1.31. The standard InChI is InChI=1S/C10H10N4OS/c1-11-10-13-6-8(16-10)9(15)14-7-2-4-12-5-3-7/h2-6H,1H3,(H,11,13)(H,12,14,15). The molecule has 2 N–H and O–H groups in total. The first-order chi connectivity index (χ1) is 7.79.